The van der Waals surface area contributed by atoms with Crippen molar-refractivity contribution in [2.45, 2.75) is 71.5 Å². The van der Waals surface area contributed by atoms with E-state index in [2.05, 4.69) is 5.32 Å². The number of rotatable bonds is 11. The van der Waals surface area contributed by atoms with Crippen LogP contribution in [0.1, 0.15) is 55.7 Å². The van der Waals surface area contributed by atoms with Crippen molar-refractivity contribution < 1.29 is 22.7 Å². The van der Waals surface area contributed by atoms with Crippen molar-refractivity contribution in [2.75, 3.05) is 24.2 Å². The average molecular weight is 530 g/mol. The normalized spacial score (nSPS) is 14.7. The van der Waals surface area contributed by atoms with E-state index in [-0.39, 0.29) is 18.5 Å². The highest BCUT2D eigenvalue weighted by Crippen LogP contribution is 2.24. The van der Waals surface area contributed by atoms with Gasteiger partial charge in [0, 0.05) is 12.6 Å². The molecule has 1 aliphatic rings. The minimum Gasteiger partial charge on any atom is -0.497 e. The smallest absolute Gasteiger partial charge is 0.244 e. The van der Waals surface area contributed by atoms with Crippen LogP contribution in [-0.4, -0.2) is 57.1 Å². The maximum atomic E-state index is 13.9. The van der Waals surface area contributed by atoms with E-state index in [4.69, 9.17) is 4.74 Å². The number of carbonyl (C=O) groups excluding carboxylic acids is 2. The van der Waals surface area contributed by atoms with Crippen molar-refractivity contribution in [2.24, 2.45) is 0 Å². The molecule has 9 heteroatoms. The van der Waals surface area contributed by atoms with Crippen molar-refractivity contribution in [3.05, 3.63) is 59.2 Å². The Morgan fingerprint density at radius 3 is 2.30 bits per heavy atom. The van der Waals surface area contributed by atoms with Crippen LogP contribution in [0.15, 0.2) is 42.5 Å². The molecule has 0 aliphatic heterocycles. The molecule has 8 nitrogen and oxygen atoms in total. The summed E-state index contributed by atoms with van der Waals surface area (Å²) in [7, 11) is -2.20. The van der Waals surface area contributed by atoms with E-state index >= 15 is 0 Å². The van der Waals surface area contributed by atoms with Gasteiger partial charge in [-0.2, -0.15) is 0 Å². The zero-order valence-corrected chi connectivity index (χ0v) is 23.3. The minimum absolute atomic E-state index is 0.109. The van der Waals surface area contributed by atoms with Gasteiger partial charge >= 0.3 is 0 Å². The monoisotopic (exact) mass is 529 g/mol. The summed E-state index contributed by atoms with van der Waals surface area (Å²) in [5, 5.41) is 3.11. The van der Waals surface area contributed by atoms with Crippen molar-refractivity contribution >= 4 is 27.5 Å². The van der Waals surface area contributed by atoms with Gasteiger partial charge in [0.25, 0.3) is 0 Å². The fourth-order valence-corrected chi connectivity index (χ4v) is 5.80. The Balaban J connectivity index is 1.95. The van der Waals surface area contributed by atoms with E-state index in [9.17, 15) is 18.0 Å². The summed E-state index contributed by atoms with van der Waals surface area (Å²) >= 11 is 0. The van der Waals surface area contributed by atoms with Gasteiger partial charge in [-0.25, -0.2) is 8.42 Å². The van der Waals surface area contributed by atoms with Gasteiger partial charge in [0.05, 0.1) is 19.1 Å². The number of nitrogens with zero attached hydrogens (tertiary/aromatic N) is 2. The molecule has 1 fully saturated rings. The van der Waals surface area contributed by atoms with Crippen LogP contribution in [0, 0.1) is 13.8 Å². The highest BCUT2D eigenvalue weighted by Gasteiger charge is 2.33. The van der Waals surface area contributed by atoms with Crippen molar-refractivity contribution in [3.8, 4) is 5.75 Å². The molecular weight excluding hydrogens is 490 g/mol. The van der Waals surface area contributed by atoms with Gasteiger partial charge in [-0.05, 0) is 74.1 Å². The van der Waals surface area contributed by atoms with E-state index in [1.165, 1.54) is 4.90 Å². The molecule has 1 atom stereocenters. The number of aryl methyl sites for hydroxylation is 2. The van der Waals surface area contributed by atoms with Crippen molar-refractivity contribution in [3.63, 3.8) is 0 Å². The van der Waals surface area contributed by atoms with Crippen LogP contribution in [0.5, 0.6) is 5.75 Å². The van der Waals surface area contributed by atoms with E-state index in [1.54, 1.807) is 19.2 Å². The molecule has 2 amide bonds. The SMILES string of the molecule is CC[C@@H](C(=O)NC1CCCC1)N(Cc1cccc(OC)c1)C(=O)CN(c1cc(C)cc(C)c1)S(C)(=O)=O. The maximum Gasteiger partial charge on any atom is 0.244 e. The number of anilines is 1. The molecule has 0 bridgehead atoms. The molecule has 0 spiro atoms. The highest BCUT2D eigenvalue weighted by atomic mass is 32.2. The standard InChI is InChI=1S/C28H39N3O5S/c1-6-26(28(33)29-23-11-7-8-12-23)30(18-22-10-9-13-25(17-22)36-4)27(32)19-31(37(5,34)35)24-15-20(2)14-21(3)16-24/h9-10,13-17,23,26H,6-8,11-12,18-19H2,1-5H3,(H,29,33)/t26-/m0/s1. The second-order valence-electron chi connectivity index (χ2n) is 9.90. The van der Waals surface area contributed by atoms with E-state index in [0.717, 1.165) is 52.9 Å². The summed E-state index contributed by atoms with van der Waals surface area (Å²) in [6.07, 6.45) is 5.51. The maximum absolute atomic E-state index is 13.9. The van der Waals surface area contributed by atoms with Crippen LogP contribution in [0.3, 0.4) is 0 Å². The van der Waals surface area contributed by atoms with Crippen LogP contribution >= 0.6 is 0 Å². The molecule has 0 radical (unpaired) electrons. The number of amides is 2. The predicted molar refractivity (Wildman–Crippen MR) is 146 cm³/mol. The third-order valence-electron chi connectivity index (χ3n) is 6.75. The van der Waals surface area contributed by atoms with Gasteiger partial charge in [0.1, 0.15) is 18.3 Å². The van der Waals surface area contributed by atoms with Crippen molar-refractivity contribution in [1.82, 2.24) is 10.2 Å². The average Bonchev–Trinajstić information content (AvgIpc) is 3.34. The number of hydrogen-bond acceptors (Lipinski definition) is 5. The second kappa shape index (κ2) is 12.4. The van der Waals surface area contributed by atoms with Gasteiger partial charge in [0.2, 0.25) is 21.8 Å². The predicted octanol–water partition coefficient (Wildman–Crippen LogP) is 3.94. The molecule has 0 unspecified atom stereocenters. The zero-order chi connectivity index (χ0) is 27.2. The molecule has 3 rings (SSSR count). The van der Waals surface area contributed by atoms with Crippen LogP contribution in [0.4, 0.5) is 5.69 Å². The molecule has 1 aliphatic carbocycles. The Kier molecular flexibility index (Phi) is 9.59. The first kappa shape index (κ1) is 28.5. The van der Waals surface area contributed by atoms with Crippen LogP contribution in [0.2, 0.25) is 0 Å². The summed E-state index contributed by atoms with van der Waals surface area (Å²) < 4.78 is 32.1. The number of methoxy groups -OCH3 is 1. The number of sulfonamides is 1. The Morgan fingerprint density at radius 1 is 1.08 bits per heavy atom. The van der Waals surface area contributed by atoms with E-state index in [1.807, 2.05) is 51.1 Å². The highest BCUT2D eigenvalue weighted by molar-refractivity contribution is 7.92. The molecule has 2 aromatic carbocycles. The quantitative estimate of drug-likeness (QED) is 0.476. The largest absolute Gasteiger partial charge is 0.497 e. The Bertz CT molecular complexity index is 1190. The molecule has 1 saturated carbocycles. The fourth-order valence-electron chi connectivity index (χ4n) is 4.96. The third-order valence-corrected chi connectivity index (χ3v) is 7.89. The Hall–Kier alpha value is -3.07. The molecular formula is C28H39N3O5S. The summed E-state index contributed by atoms with van der Waals surface area (Å²) in [4.78, 5) is 28.7. The van der Waals surface area contributed by atoms with Gasteiger partial charge < -0.3 is 15.0 Å². The number of hydrogen-bond donors (Lipinski definition) is 1. The number of carbonyl (C=O) groups is 2. The zero-order valence-electron chi connectivity index (χ0n) is 22.5. The molecule has 0 aromatic heterocycles. The fraction of sp³-hybridized carbons (Fsp3) is 0.500. The summed E-state index contributed by atoms with van der Waals surface area (Å²) in [5.41, 5.74) is 3.01. The first-order valence-corrected chi connectivity index (χ1v) is 14.7. The van der Waals surface area contributed by atoms with Gasteiger partial charge in [-0.15, -0.1) is 0 Å². The summed E-state index contributed by atoms with van der Waals surface area (Å²) in [6, 6.07) is 12.1. The second-order valence-corrected chi connectivity index (χ2v) is 11.8. The Morgan fingerprint density at radius 2 is 1.73 bits per heavy atom. The summed E-state index contributed by atoms with van der Waals surface area (Å²) in [5.74, 6) is -0.00914. The molecule has 0 saturated heterocycles. The molecule has 1 N–H and O–H groups in total. The molecule has 2 aromatic rings. The van der Waals surface area contributed by atoms with Crippen LogP contribution in [0.25, 0.3) is 0 Å². The first-order chi connectivity index (χ1) is 17.5. The lowest BCUT2D eigenvalue weighted by Gasteiger charge is -2.33. The van der Waals surface area contributed by atoms with Gasteiger partial charge in [0.15, 0.2) is 0 Å². The van der Waals surface area contributed by atoms with E-state index < -0.39 is 28.5 Å². The summed E-state index contributed by atoms with van der Waals surface area (Å²) in [6.45, 7) is 5.38. The van der Waals surface area contributed by atoms with Crippen LogP contribution in [-0.2, 0) is 26.2 Å². The van der Waals surface area contributed by atoms with Gasteiger partial charge in [-0.3, -0.25) is 13.9 Å². The third kappa shape index (κ3) is 7.71. The first-order valence-electron chi connectivity index (χ1n) is 12.8. The molecule has 37 heavy (non-hydrogen) atoms. The lowest BCUT2D eigenvalue weighted by Crippen LogP contribution is -2.53. The van der Waals surface area contributed by atoms with Crippen molar-refractivity contribution in [1.29, 1.82) is 0 Å². The number of ether oxygens (including phenoxy) is 1. The number of benzene rings is 2. The lowest BCUT2D eigenvalue weighted by molar-refractivity contribution is -0.140. The number of nitrogens with one attached hydrogen (secondary N) is 1. The van der Waals surface area contributed by atoms with Gasteiger partial charge in [-0.1, -0.05) is 38.0 Å². The minimum atomic E-state index is -3.77. The molecule has 0 heterocycles. The molecule has 202 valence electrons. The van der Waals surface area contributed by atoms with Crippen LogP contribution < -0.4 is 14.4 Å². The Labute approximate surface area is 221 Å². The topological polar surface area (TPSA) is 96.0 Å². The van der Waals surface area contributed by atoms with E-state index in [0.29, 0.717) is 17.9 Å². The lowest BCUT2D eigenvalue weighted by atomic mass is 10.1.